The lowest BCUT2D eigenvalue weighted by Gasteiger charge is -2.36. The molecule has 0 bridgehead atoms. The number of halogens is 2. The fourth-order valence-electron chi connectivity index (χ4n) is 2.64. The van der Waals surface area contributed by atoms with Crippen LogP contribution >= 0.6 is 15.9 Å². The first kappa shape index (κ1) is 15.0. The van der Waals surface area contributed by atoms with E-state index >= 15 is 0 Å². The monoisotopic (exact) mass is 362 g/mol. The highest BCUT2D eigenvalue weighted by atomic mass is 79.9. The summed E-state index contributed by atoms with van der Waals surface area (Å²) in [4.78, 5) is 16.6. The van der Waals surface area contributed by atoms with Gasteiger partial charge in [0.15, 0.2) is 0 Å². The highest BCUT2D eigenvalue weighted by Gasteiger charge is 2.23. The summed E-state index contributed by atoms with van der Waals surface area (Å²) in [5, 5.41) is 0. The normalized spacial score (nSPS) is 15.0. The topological polar surface area (TPSA) is 23.6 Å². The molecule has 0 aromatic heterocycles. The van der Waals surface area contributed by atoms with E-state index in [9.17, 15) is 9.18 Å². The van der Waals surface area contributed by atoms with Gasteiger partial charge in [-0.3, -0.25) is 4.79 Å². The molecular formula is C17H16BrFN2O. The molecule has 1 saturated heterocycles. The second-order valence-electron chi connectivity index (χ2n) is 5.24. The van der Waals surface area contributed by atoms with Crippen LogP contribution in [0.25, 0.3) is 0 Å². The number of carbonyl (C=O) groups is 1. The number of amides is 1. The van der Waals surface area contributed by atoms with Crippen molar-refractivity contribution in [1.82, 2.24) is 4.90 Å². The molecule has 1 fully saturated rings. The number of piperazine rings is 1. The Morgan fingerprint density at radius 1 is 1.00 bits per heavy atom. The quantitative estimate of drug-likeness (QED) is 0.815. The van der Waals surface area contributed by atoms with E-state index in [0.29, 0.717) is 23.1 Å². The third kappa shape index (κ3) is 3.14. The molecule has 1 amide bonds. The molecule has 5 heteroatoms. The number of benzene rings is 2. The van der Waals surface area contributed by atoms with Crippen molar-refractivity contribution in [2.75, 3.05) is 31.1 Å². The lowest BCUT2D eigenvalue weighted by atomic mass is 10.1. The smallest absolute Gasteiger partial charge is 0.255 e. The summed E-state index contributed by atoms with van der Waals surface area (Å²) < 4.78 is 14.0. The molecule has 0 unspecified atom stereocenters. The fourth-order valence-corrected chi connectivity index (χ4v) is 3.05. The average molecular weight is 363 g/mol. The van der Waals surface area contributed by atoms with Crippen LogP contribution in [0.4, 0.5) is 10.1 Å². The zero-order valence-corrected chi connectivity index (χ0v) is 13.6. The third-order valence-electron chi connectivity index (χ3n) is 3.85. The SMILES string of the molecule is O=C(c1cc(F)ccc1Br)N1CCN(c2ccccc2)CC1. The Balaban J connectivity index is 1.68. The zero-order valence-electron chi connectivity index (χ0n) is 12.0. The first-order valence-electron chi connectivity index (χ1n) is 7.19. The molecule has 114 valence electrons. The van der Waals surface area contributed by atoms with E-state index in [0.717, 1.165) is 13.1 Å². The van der Waals surface area contributed by atoms with E-state index in [1.807, 2.05) is 18.2 Å². The minimum absolute atomic E-state index is 0.126. The first-order chi connectivity index (χ1) is 10.6. The Morgan fingerprint density at radius 3 is 2.36 bits per heavy atom. The molecule has 0 spiro atoms. The van der Waals surface area contributed by atoms with Crippen LogP contribution in [0.5, 0.6) is 0 Å². The van der Waals surface area contributed by atoms with E-state index < -0.39 is 5.82 Å². The third-order valence-corrected chi connectivity index (χ3v) is 4.54. The summed E-state index contributed by atoms with van der Waals surface area (Å²) in [5.74, 6) is -0.520. The van der Waals surface area contributed by atoms with Gasteiger partial charge in [0.2, 0.25) is 0 Å². The van der Waals surface area contributed by atoms with Crippen molar-refractivity contribution in [3.05, 3.63) is 64.4 Å². The van der Waals surface area contributed by atoms with Gasteiger partial charge in [0.1, 0.15) is 5.82 Å². The number of nitrogens with zero attached hydrogens (tertiary/aromatic N) is 2. The van der Waals surface area contributed by atoms with Gasteiger partial charge >= 0.3 is 0 Å². The van der Waals surface area contributed by atoms with Gasteiger partial charge in [-0.15, -0.1) is 0 Å². The van der Waals surface area contributed by atoms with E-state index in [-0.39, 0.29) is 5.91 Å². The summed E-state index contributed by atoms with van der Waals surface area (Å²) in [6.07, 6.45) is 0. The van der Waals surface area contributed by atoms with Gasteiger partial charge < -0.3 is 9.80 Å². The maximum absolute atomic E-state index is 13.4. The Bertz CT molecular complexity index is 670. The number of hydrogen-bond donors (Lipinski definition) is 0. The number of rotatable bonds is 2. The van der Waals surface area contributed by atoms with Crippen molar-refractivity contribution >= 4 is 27.5 Å². The minimum Gasteiger partial charge on any atom is -0.368 e. The van der Waals surface area contributed by atoms with Crippen molar-refractivity contribution in [2.24, 2.45) is 0 Å². The average Bonchev–Trinajstić information content (AvgIpc) is 2.57. The van der Waals surface area contributed by atoms with E-state index in [1.54, 1.807) is 11.0 Å². The molecule has 0 aliphatic carbocycles. The van der Waals surface area contributed by atoms with Gasteiger partial charge in [0.25, 0.3) is 5.91 Å². The molecule has 1 aliphatic heterocycles. The number of hydrogen-bond acceptors (Lipinski definition) is 2. The molecule has 1 aliphatic rings. The molecule has 2 aromatic rings. The van der Waals surface area contributed by atoms with Crippen molar-refractivity contribution < 1.29 is 9.18 Å². The summed E-state index contributed by atoms with van der Waals surface area (Å²) in [6.45, 7) is 2.83. The molecular weight excluding hydrogens is 347 g/mol. The van der Waals surface area contributed by atoms with Crippen LogP contribution in [0.2, 0.25) is 0 Å². The van der Waals surface area contributed by atoms with Crippen molar-refractivity contribution in [1.29, 1.82) is 0 Å². The first-order valence-corrected chi connectivity index (χ1v) is 7.99. The second-order valence-corrected chi connectivity index (χ2v) is 6.09. The minimum atomic E-state index is -0.394. The Kier molecular flexibility index (Phi) is 4.43. The maximum Gasteiger partial charge on any atom is 0.255 e. The second kappa shape index (κ2) is 6.48. The van der Waals surface area contributed by atoms with Crippen LogP contribution < -0.4 is 4.90 Å². The lowest BCUT2D eigenvalue weighted by molar-refractivity contribution is 0.0745. The lowest BCUT2D eigenvalue weighted by Crippen LogP contribution is -2.48. The molecule has 0 radical (unpaired) electrons. The number of carbonyl (C=O) groups excluding carboxylic acids is 1. The van der Waals surface area contributed by atoms with Crippen molar-refractivity contribution in [3.63, 3.8) is 0 Å². The molecule has 3 nitrogen and oxygen atoms in total. The van der Waals surface area contributed by atoms with Crippen LogP contribution in [0.3, 0.4) is 0 Å². The van der Waals surface area contributed by atoms with Crippen molar-refractivity contribution in [2.45, 2.75) is 0 Å². The standard InChI is InChI=1S/C17H16BrFN2O/c18-16-7-6-13(19)12-15(16)17(22)21-10-8-20(9-11-21)14-4-2-1-3-5-14/h1-7,12H,8-11H2. The van der Waals surface area contributed by atoms with Crippen molar-refractivity contribution in [3.8, 4) is 0 Å². The van der Waals surface area contributed by atoms with Gasteiger partial charge in [-0.25, -0.2) is 4.39 Å². The molecule has 0 N–H and O–H groups in total. The highest BCUT2D eigenvalue weighted by Crippen LogP contribution is 2.21. The van der Waals surface area contributed by atoms with E-state index in [4.69, 9.17) is 0 Å². The zero-order chi connectivity index (χ0) is 15.5. The molecule has 0 atom stereocenters. The fraction of sp³-hybridized carbons (Fsp3) is 0.235. The van der Waals surface area contributed by atoms with E-state index in [1.165, 1.54) is 17.8 Å². The van der Waals surface area contributed by atoms with Crippen LogP contribution in [0, 0.1) is 5.82 Å². The summed E-state index contributed by atoms with van der Waals surface area (Å²) in [6, 6.07) is 14.4. The maximum atomic E-state index is 13.4. The van der Waals surface area contributed by atoms with Gasteiger partial charge in [0, 0.05) is 36.3 Å². The van der Waals surface area contributed by atoms with Gasteiger partial charge in [0.05, 0.1) is 5.56 Å². The highest BCUT2D eigenvalue weighted by molar-refractivity contribution is 9.10. The van der Waals surface area contributed by atoms with E-state index in [2.05, 4.69) is 33.0 Å². The molecule has 3 rings (SSSR count). The largest absolute Gasteiger partial charge is 0.368 e. The van der Waals surface area contributed by atoms with Crippen LogP contribution in [0.1, 0.15) is 10.4 Å². The molecule has 22 heavy (non-hydrogen) atoms. The van der Waals surface area contributed by atoms with Crippen LogP contribution in [0.15, 0.2) is 53.0 Å². The van der Waals surface area contributed by atoms with Crippen LogP contribution in [-0.4, -0.2) is 37.0 Å². The molecule has 0 saturated carbocycles. The van der Waals surface area contributed by atoms with Gasteiger partial charge in [-0.2, -0.15) is 0 Å². The Hall–Kier alpha value is -1.88. The Labute approximate surface area is 137 Å². The number of anilines is 1. The molecule has 1 heterocycles. The number of para-hydroxylation sites is 1. The predicted molar refractivity (Wildman–Crippen MR) is 88.7 cm³/mol. The summed E-state index contributed by atoms with van der Waals surface area (Å²) in [5.41, 5.74) is 1.55. The van der Waals surface area contributed by atoms with Crippen LogP contribution in [-0.2, 0) is 0 Å². The van der Waals surface area contributed by atoms with Gasteiger partial charge in [-0.05, 0) is 46.3 Å². The Morgan fingerprint density at radius 2 is 1.68 bits per heavy atom. The summed E-state index contributed by atoms with van der Waals surface area (Å²) in [7, 11) is 0. The van der Waals surface area contributed by atoms with Gasteiger partial charge in [-0.1, -0.05) is 18.2 Å². The molecule has 2 aromatic carbocycles. The predicted octanol–water partition coefficient (Wildman–Crippen LogP) is 3.55. The summed E-state index contributed by atoms with van der Waals surface area (Å²) >= 11 is 3.32.